The number of rotatable bonds is 51. The number of aliphatic hydroxyl groups is 3. The molecular weight excluding hydrogens is 921 g/mol. The third kappa shape index (κ3) is 42.1. The third-order valence-electron chi connectivity index (χ3n) is 13.8. The average molecular weight is 1030 g/mol. The summed E-state index contributed by atoms with van der Waals surface area (Å²) in [5.74, 6) is -1.97. The molecule has 1 rings (SSSR count). The van der Waals surface area contributed by atoms with Crippen molar-refractivity contribution in [2.75, 3.05) is 19.0 Å². The minimum Gasteiger partial charge on any atom is -0.462 e. The quantitative estimate of drug-likeness (QED) is 0.0196. The molecule has 1 aliphatic rings. The summed E-state index contributed by atoms with van der Waals surface area (Å²) in [5.41, 5.74) is 0. The topological polar surface area (TPSA) is 186 Å². The van der Waals surface area contributed by atoms with Crippen LogP contribution in [0.25, 0.3) is 0 Å². The highest BCUT2D eigenvalue weighted by atomic mass is 32.2. The molecule has 1 heterocycles. The van der Waals surface area contributed by atoms with Gasteiger partial charge in [0.05, 0.1) is 6.61 Å². The maximum Gasteiger partial charge on any atom is 0.306 e. The number of hydrogen-bond acceptors (Lipinski definition) is 11. The van der Waals surface area contributed by atoms with Crippen molar-refractivity contribution < 1.29 is 56.8 Å². The molecular formula is C58H108O12S. The molecule has 0 saturated carbocycles. The monoisotopic (exact) mass is 1030 g/mol. The predicted octanol–water partition coefficient (Wildman–Crippen LogP) is 14.3. The number of aliphatic hydroxyl groups excluding tert-OH is 3. The highest BCUT2D eigenvalue weighted by Crippen LogP contribution is 2.24. The first-order valence-corrected chi connectivity index (χ1v) is 31.0. The lowest BCUT2D eigenvalue weighted by atomic mass is 10.00. The number of hydrogen-bond donors (Lipinski definition) is 4. The van der Waals surface area contributed by atoms with Gasteiger partial charge in [-0.3, -0.25) is 14.1 Å². The predicted molar refractivity (Wildman–Crippen MR) is 289 cm³/mol. The van der Waals surface area contributed by atoms with E-state index in [0.717, 1.165) is 51.4 Å². The van der Waals surface area contributed by atoms with Gasteiger partial charge in [-0.25, -0.2) is 0 Å². The van der Waals surface area contributed by atoms with Crippen LogP contribution in [0, 0.1) is 0 Å². The molecule has 6 atom stereocenters. The van der Waals surface area contributed by atoms with Gasteiger partial charge in [-0.15, -0.1) is 0 Å². The summed E-state index contributed by atoms with van der Waals surface area (Å²) in [6.07, 6.45) is 47.9. The molecule has 0 radical (unpaired) electrons. The van der Waals surface area contributed by atoms with Gasteiger partial charge in [-0.2, -0.15) is 8.42 Å². The largest absolute Gasteiger partial charge is 0.462 e. The summed E-state index contributed by atoms with van der Waals surface area (Å²) in [4.78, 5) is 25.6. The highest BCUT2D eigenvalue weighted by Gasteiger charge is 2.46. The summed E-state index contributed by atoms with van der Waals surface area (Å²) in [5, 5.41) is 31.1. The first kappa shape index (κ1) is 67.1. The molecule has 1 saturated heterocycles. The zero-order valence-corrected chi connectivity index (χ0v) is 46.2. The van der Waals surface area contributed by atoms with Crippen molar-refractivity contribution in [2.24, 2.45) is 0 Å². The van der Waals surface area contributed by atoms with Crippen LogP contribution in [0.3, 0.4) is 0 Å². The summed E-state index contributed by atoms with van der Waals surface area (Å²) in [7, 11) is -4.61. The second-order valence-electron chi connectivity index (χ2n) is 20.7. The fourth-order valence-corrected chi connectivity index (χ4v) is 9.93. The lowest BCUT2D eigenvalue weighted by Gasteiger charge is -2.40. The van der Waals surface area contributed by atoms with Gasteiger partial charge in [-0.05, 0) is 44.9 Å². The Balaban J connectivity index is 2.28. The molecule has 1 aliphatic heterocycles. The van der Waals surface area contributed by atoms with Gasteiger partial charge in [0.1, 0.15) is 36.8 Å². The van der Waals surface area contributed by atoms with Gasteiger partial charge in [0, 0.05) is 12.8 Å². The molecule has 4 N–H and O–H groups in total. The zero-order valence-electron chi connectivity index (χ0n) is 45.3. The average Bonchev–Trinajstić information content (AvgIpc) is 3.34. The maximum atomic E-state index is 12.9. The molecule has 0 aliphatic carbocycles. The van der Waals surface area contributed by atoms with Crippen LogP contribution in [0.2, 0.25) is 0 Å². The van der Waals surface area contributed by atoms with Gasteiger partial charge in [0.25, 0.3) is 10.1 Å². The van der Waals surface area contributed by atoms with E-state index in [-0.39, 0.29) is 19.4 Å². The third-order valence-corrected chi connectivity index (χ3v) is 14.5. The van der Waals surface area contributed by atoms with E-state index >= 15 is 0 Å². The summed E-state index contributed by atoms with van der Waals surface area (Å²) in [6, 6.07) is 0. The van der Waals surface area contributed by atoms with E-state index in [2.05, 4.69) is 38.2 Å². The molecule has 6 unspecified atom stereocenters. The molecule has 0 amide bonds. The Kier molecular flexibility index (Phi) is 45.2. The standard InChI is InChI=1S/C58H108O12S/c1-3-5-7-9-11-13-15-17-19-21-23-24-25-26-27-29-30-32-34-36-38-40-42-44-46-53(59)67-48-51(49-68-58-57(63)56(62)55(61)52(70-58)50-71(64,65)66)69-54(60)47-45-43-41-39-37-35-33-31-28-22-20-18-16-14-12-10-8-6-4-2/h12,14,18,20,51-52,55-58,61-63H,3-11,13,15-17,19,21-50H2,1-2H3,(H,64,65,66)/b14-12-,20-18-. The Hall–Kier alpha value is -1.87. The SMILES string of the molecule is CCCCC/C=C\C/C=C\CCCCCCCCCCCC(=O)OC(COC(=O)CCCCCCCCCCCCCCCCCCCCCCCCCC)COC1OC(CS(=O)(=O)O)C(O)C(O)C1O. The smallest absolute Gasteiger partial charge is 0.306 e. The van der Waals surface area contributed by atoms with E-state index in [1.807, 2.05) is 0 Å². The van der Waals surface area contributed by atoms with Crippen LogP contribution >= 0.6 is 0 Å². The van der Waals surface area contributed by atoms with E-state index in [4.69, 9.17) is 18.9 Å². The number of carbonyl (C=O) groups excluding carboxylic acids is 2. The first-order valence-electron chi connectivity index (χ1n) is 29.4. The van der Waals surface area contributed by atoms with Crippen LogP contribution in [-0.4, -0.2) is 96.0 Å². The number of esters is 2. The number of allylic oxidation sites excluding steroid dienone is 4. The lowest BCUT2D eigenvalue weighted by molar-refractivity contribution is -0.297. The minimum absolute atomic E-state index is 0.163. The van der Waals surface area contributed by atoms with E-state index in [1.54, 1.807) is 0 Å². The number of carbonyl (C=O) groups is 2. The van der Waals surface area contributed by atoms with Crippen molar-refractivity contribution in [3.05, 3.63) is 24.3 Å². The maximum absolute atomic E-state index is 12.9. The molecule has 13 heteroatoms. The van der Waals surface area contributed by atoms with Gasteiger partial charge in [0.15, 0.2) is 12.4 Å². The van der Waals surface area contributed by atoms with E-state index in [9.17, 15) is 37.9 Å². The molecule has 0 bridgehead atoms. The lowest BCUT2D eigenvalue weighted by Crippen LogP contribution is -2.60. The Morgan fingerprint density at radius 2 is 0.845 bits per heavy atom. The zero-order chi connectivity index (χ0) is 51.9. The van der Waals surface area contributed by atoms with Crippen molar-refractivity contribution in [1.29, 1.82) is 0 Å². The molecule has 12 nitrogen and oxygen atoms in total. The Morgan fingerprint density at radius 1 is 0.479 bits per heavy atom. The minimum atomic E-state index is -4.61. The summed E-state index contributed by atoms with van der Waals surface area (Å²) < 4.78 is 54.4. The van der Waals surface area contributed by atoms with Crippen molar-refractivity contribution in [2.45, 2.75) is 314 Å². The highest BCUT2D eigenvalue weighted by molar-refractivity contribution is 7.85. The van der Waals surface area contributed by atoms with Gasteiger partial charge >= 0.3 is 11.9 Å². The molecule has 1 fully saturated rings. The Morgan fingerprint density at radius 3 is 1.27 bits per heavy atom. The van der Waals surface area contributed by atoms with Crippen LogP contribution in [0.15, 0.2) is 24.3 Å². The van der Waals surface area contributed by atoms with E-state index < -0.39 is 71.2 Å². The number of unbranched alkanes of at least 4 members (excludes halogenated alkanes) is 35. The molecule has 0 aromatic heterocycles. The van der Waals surface area contributed by atoms with Crippen LogP contribution < -0.4 is 0 Å². The molecule has 418 valence electrons. The molecule has 0 aromatic rings. The second kappa shape index (κ2) is 47.8. The summed E-state index contributed by atoms with van der Waals surface area (Å²) >= 11 is 0. The fraction of sp³-hybridized carbons (Fsp3) is 0.897. The van der Waals surface area contributed by atoms with Crippen LogP contribution in [-0.2, 0) is 38.7 Å². The Bertz CT molecular complexity index is 1390. The fourth-order valence-electron chi connectivity index (χ4n) is 9.24. The van der Waals surface area contributed by atoms with E-state index in [1.165, 1.54) is 186 Å². The molecule has 71 heavy (non-hydrogen) atoms. The van der Waals surface area contributed by atoms with E-state index in [0.29, 0.717) is 12.8 Å². The normalized spacial score (nSPS) is 19.0. The van der Waals surface area contributed by atoms with Crippen LogP contribution in [0.1, 0.15) is 277 Å². The van der Waals surface area contributed by atoms with Gasteiger partial charge < -0.3 is 34.3 Å². The van der Waals surface area contributed by atoms with Crippen LogP contribution in [0.5, 0.6) is 0 Å². The van der Waals surface area contributed by atoms with Gasteiger partial charge in [0.2, 0.25) is 0 Å². The Labute approximate surface area is 434 Å². The van der Waals surface area contributed by atoms with Crippen molar-refractivity contribution in [1.82, 2.24) is 0 Å². The van der Waals surface area contributed by atoms with Crippen molar-refractivity contribution in [3.63, 3.8) is 0 Å². The number of ether oxygens (including phenoxy) is 4. The summed E-state index contributed by atoms with van der Waals surface area (Å²) in [6.45, 7) is 3.79. The van der Waals surface area contributed by atoms with Crippen molar-refractivity contribution >= 4 is 22.1 Å². The molecule has 0 spiro atoms. The first-order chi connectivity index (χ1) is 34.5. The van der Waals surface area contributed by atoms with Gasteiger partial charge in [-0.1, -0.05) is 244 Å². The molecule has 0 aromatic carbocycles. The van der Waals surface area contributed by atoms with Crippen LogP contribution in [0.4, 0.5) is 0 Å². The second-order valence-corrected chi connectivity index (χ2v) is 22.2. The van der Waals surface area contributed by atoms with Crippen molar-refractivity contribution in [3.8, 4) is 0 Å².